The van der Waals surface area contributed by atoms with E-state index in [1.54, 1.807) is 0 Å². The van der Waals surface area contributed by atoms with Gasteiger partial charge in [0.25, 0.3) is 0 Å². The summed E-state index contributed by atoms with van der Waals surface area (Å²) in [4.78, 5) is 20.7. The molecule has 266 valence electrons. The van der Waals surface area contributed by atoms with Gasteiger partial charge in [0.2, 0.25) is 0 Å². The van der Waals surface area contributed by atoms with Crippen LogP contribution in [0.5, 0.6) is 0 Å². The molecule has 0 rings (SSSR count). The van der Waals surface area contributed by atoms with E-state index in [0.29, 0.717) is 12.8 Å². The van der Waals surface area contributed by atoms with Crippen LogP contribution in [0.2, 0.25) is 4.37 Å². The summed E-state index contributed by atoms with van der Waals surface area (Å²) in [5.74, 6) is -0.494. The smallest absolute Gasteiger partial charge is 0.813 e. The molecule has 2 atom stereocenters. The fraction of sp³-hybridized carbons (Fsp3) is 0.944. The molecular weight excluding hydrogens is 714 g/mol. The Labute approximate surface area is 307 Å². The number of carboxylic acid groups (broad SMARTS) is 2. The maximum Gasteiger partial charge on any atom is -0.813 e. The van der Waals surface area contributed by atoms with Gasteiger partial charge in [-0.2, -0.15) is 25.3 Å². The van der Waals surface area contributed by atoms with Crippen molar-refractivity contribution in [2.24, 2.45) is 11.8 Å². The minimum absolute atomic E-state index is 0. The van der Waals surface area contributed by atoms with Gasteiger partial charge < -0.3 is 33.3 Å². The molecule has 0 amide bonds. The van der Waals surface area contributed by atoms with E-state index in [1.165, 1.54) is 120 Å². The zero-order valence-corrected chi connectivity index (χ0v) is 34.6. The number of thiol groups is 3. The average Bonchev–Trinajstić information content (AvgIpc) is 2.95. The molecule has 0 saturated carbocycles. The zero-order valence-electron chi connectivity index (χ0n) is 29.4. The van der Waals surface area contributed by atoms with Crippen LogP contribution in [0, 0.1) is 11.8 Å². The summed E-state index contributed by atoms with van der Waals surface area (Å²) in [5.41, 5.74) is 0. The van der Waals surface area contributed by atoms with E-state index in [2.05, 4.69) is 59.9 Å². The number of hydrogen-bond donors (Lipinski definition) is 2. The number of rotatable bonds is 28. The Balaban J connectivity index is -0.000000271. The molecule has 0 N–H and O–H groups in total. The predicted octanol–water partition coefficient (Wildman–Crippen LogP) is 9.07. The van der Waals surface area contributed by atoms with E-state index >= 15 is 0 Å². The first-order valence-corrected chi connectivity index (χ1v) is 20.7. The Morgan fingerprint density at radius 2 is 0.750 bits per heavy atom. The van der Waals surface area contributed by atoms with E-state index in [4.69, 9.17) is 0 Å². The minimum Gasteiger partial charge on any atom is -0.813 e. The number of unbranched alkanes of at least 4 members (excludes halogenated alkanes) is 17. The first-order valence-electron chi connectivity index (χ1n) is 17.9. The van der Waals surface area contributed by atoms with Crippen molar-refractivity contribution in [3.05, 3.63) is 0 Å². The number of aliphatic carboxylic acids is 2. The van der Waals surface area contributed by atoms with Crippen molar-refractivity contribution in [3.8, 4) is 0 Å². The van der Waals surface area contributed by atoms with E-state index in [9.17, 15) is 19.8 Å². The standard InChI is InChI=1S/2C12H24O2S.C12H25.H2S.Sb/c2*1-10(2)8-6-4-3-5-7-9-11(15)12(13)14;1-3-5-7-9-11-12-10-8-6-4-2;;/h2*10-11,15H,3-9H2,1-2H3,(H,13,14);1,3-12H2,2H3;1H2;/p-3. The van der Waals surface area contributed by atoms with Gasteiger partial charge in [-0.15, -0.1) is 0 Å². The average molecular weight is 787 g/mol. The molecule has 0 aliphatic heterocycles. The normalized spacial score (nSPS) is 12.0. The number of carbonyl (C=O) groups is 2. The molecule has 44 heavy (non-hydrogen) atoms. The molecule has 8 heteroatoms. The molecule has 0 aliphatic carbocycles. The minimum atomic E-state index is -1.04. The maximum absolute atomic E-state index is 10.4. The second-order valence-corrected chi connectivity index (χ2v) is 15.6. The van der Waals surface area contributed by atoms with Crippen LogP contribution in [0.4, 0.5) is 0 Å². The van der Waals surface area contributed by atoms with Crippen molar-refractivity contribution in [3.63, 3.8) is 0 Å². The van der Waals surface area contributed by atoms with Crippen LogP contribution in [0.15, 0.2) is 0 Å². The first-order chi connectivity index (χ1) is 20.5. The molecule has 0 bridgehead atoms. The van der Waals surface area contributed by atoms with Crippen molar-refractivity contribution < 1.29 is 19.8 Å². The number of carbonyl (C=O) groups excluding carboxylic acids is 2. The Kier molecular flexibility index (Phi) is 49.1. The molecule has 2 unspecified atom stereocenters. The summed E-state index contributed by atoms with van der Waals surface area (Å²) in [5, 5.41) is 19.5. The van der Waals surface area contributed by atoms with Gasteiger partial charge in [-0.3, -0.25) is 0 Å². The molecule has 0 heterocycles. The monoisotopic (exact) mass is 785 g/mol. The van der Waals surface area contributed by atoms with Gasteiger partial charge in [-0.1, -0.05) is 105 Å². The topological polar surface area (TPSA) is 80.3 Å². The zero-order chi connectivity index (χ0) is 33.1. The van der Waals surface area contributed by atoms with Crippen molar-refractivity contribution >= 4 is 73.7 Å². The molecule has 0 aliphatic rings. The van der Waals surface area contributed by atoms with Crippen LogP contribution in [0.3, 0.4) is 0 Å². The first kappa shape index (κ1) is 51.6. The molecule has 0 aromatic heterocycles. The summed E-state index contributed by atoms with van der Waals surface area (Å²) in [6.45, 7) is 11.2. The van der Waals surface area contributed by atoms with Gasteiger partial charge in [0.15, 0.2) is 0 Å². The molecule has 0 aromatic rings. The Morgan fingerprint density at radius 1 is 0.500 bits per heavy atom. The van der Waals surface area contributed by atoms with Crippen LogP contribution in [0.1, 0.15) is 189 Å². The fourth-order valence-corrected chi connectivity index (χ4v) is 5.68. The van der Waals surface area contributed by atoms with Crippen LogP contribution < -0.4 is 10.2 Å². The van der Waals surface area contributed by atoms with Crippen molar-refractivity contribution in [2.45, 2.75) is 204 Å². The molecule has 4 nitrogen and oxygen atoms in total. The molecular formula is C36H72O4S3Sb-3. The maximum atomic E-state index is 10.4. The van der Waals surface area contributed by atoms with Gasteiger partial charge in [0.05, 0.1) is 11.9 Å². The summed E-state index contributed by atoms with van der Waals surface area (Å²) >= 11 is 9.83. The third-order valence-corrected chi connectivity index (χ3v) is 9.41. The van der Waals surface area contributed by atoms with Crippen LogP contribution in [0.25, 0.3) is 0 Å². The SMILES string of the molecule is CC(C)CCCCCCCC(S)C(=O)[O-].CC(C)CCCCCCCC(S)C(=O)[O-].CCCCCCCCCCC[CH2][Sb].[SH-]. The molecule has 0 spiro atoms. The Hall–Kier alpha value is 0.808. The fourth-order valence-electron chi connectivity index (χ4n) is 4.68. The second kappa shape index (κ2) is 41.8. The Bertz CT molecular complexity index is 532. The van der Waals surface area contributed by atoms with E-state index in [1.807, 2.05) is 23.0 Å². The number of carboxylic acids is 2. The van der Waals surface area contributed by atoms with Crippen molar-refractivity contribution in [2.75, 3.05) is 0 Å². The van der Waals surface area contributed by atoms with E-state index in [0.717, 1.165) is 37.5 Å². The third-order valence-electron chi connectivity index (χ3n) is 7.57. The van der Waals surface area contributed by atoms with E-state index < -0.39 is 22.4 Å². The summed E-state index contributed by atoms with van der Waals surface area (Å²) in [6, 6.07) is 0. The van der Waals surface area contributed by atoms with Crippen LogP contribution in [-0.4, -0.2) is 45.5 Å². The summed E-state index contributed by atoms with van der Waals surface area (Å²) in [6.07, 6.45) is 30.2. The quantitative estimate of drug-likeness (QED) is 0.0358. The van der Waals surface area contributed by atoms with Crippen molar-refractivity contribution in [1.29, 1.82) is 0 Å². The predicted molar refractivity (Wildman–Crippen MR) is 201 cm³/mol. The Morgan fingerprint density at radius 3 is 1.00 bits per heavy atom. The molecule has 2 radical (unpaired) electrons. The third kappa shape index (κ3) is 49.7. The largest absolute Gasteiger partial charge is 0.813 e. The molecule has 0 fully saturated rings. The summed E-state index contributed by atoms with van der Waals surface area (Å²) in [7, 11) is 0. The van der Waals surface area contributed by atoms with Crippen LogP contribution >= 0.6 is 25.3 Å². The molecule has 0 saturated heterocycles. The summed E-state index contributed by atoms with van der Waals surface area (Å²) < 4.78 is 1.42. The van der Waals surface area contributed by atoms with Crippen LogP contribution in [-0.2, 0) is 23.1 Å². The van der Waals surface area contributed by atoms with E-state index in [-0.39, 0.29) is 13.5 Å². The number of hydrogen-bond acceptors (Lipinski definition) is 7. The second-order valence-electron chi connectivity index (χ2n) is 13.1. The molecule has 0 aromatic carbocycles. The van der Waals surface area contributed by atoms with Gasteiger partial charge in [0, 0.05) is 10.5 Å². The van der Waals surface area contributed by atoms with Gasteiger partial charge in [0.1, 0.15) is 0 Å². The van der Waals surface area contributed by atoms with Gasteiger partial charge in [-0.25, -0.2) is 0 Å². The van der Waals surface area contributed by atoms with Gasteiger partial charge in [-0.05, 0) is 24.7 Å². The van der Waals surface area contributed by atoms with Crippen molar-refractivity contribution in [1.82, 2.24) is 0 Å². The van der Waals surface area contributed by atoms with Gasteiger partial charge >= 0.3 is 98.5 Å².